The lowest BCUT2D eigenvalue weighted by atomic mass is 10.1. The van der Waals surface area contributed by atoms with Gasteiger partial charge in [-0.3, -0.25) is 0 Å². The van der Waals surface area contributed by atoms with Gasteiger partial charge in [0.2, 0.25) is 0 Å². The van der Waals surface area contributed by atoms with Crippen LogP contribution in [0.1, 0.15) is 28.9 Å². The molecule has 0 saturated carbocycles. The minimum Gasteiger partial charge on any atom is -0.305 e. The van der Waals surface area contributed by atoms with Crippen molar-refractivity contribution in [2.45, 2.75) is 30.4 Å². The molecule has 0 aliphatic carbocycles. The van der Waals surface area contributed by atoms with Crippen LogP contribution in [0.25, 0.3) is 11.4 Å². The van der Waals surface area contributed by atoms with Gasteiger partial charge in [-0.1, -0.05) is 48.2 Å². The molecule has 0 fully saturated rings. The van der Waals surface area contributed by atoms with E-state index in [1.165, 1.54) is 23.9 Å². The molecular formula is C19H18F3N3S. The van der Waals surface area contributed by atoms with Gasteiger partial charge in [0.15, 0.2) is 11.0 Å². The van der Waals surface area contributed by atoms with Crippen LogP contribution in [-0.4, -0.2) is 14.8 Å². The number of thioether (sulfide) groups is 1. The molecule has 136 valence electrons. The number of aromatic nitrogens is 3. The van der Waals surface area contributed by atoms with Crippen molar-refractivity contribution in [3.63, 3.8) is 0 Å². The molecule has 0 amide bonds. The molecule has 0 spiro atoms. The van der Waals surface area contributed by atoms with Crippen molar-refractivity contribution in [1.29, 1.82) is 0 Å². The lowest BCUT2D eigenvalue weighted by molar-refractivity contribution is -0.137. The lowest BCUT2D eigenvalue weighted by Crippen LogP contribution is -2.04. The van der Waals surface area contributed by atoms with Crippen molar-refractivity contribution in [3.8, 4) is 11.4 Å². The SMILES string of the molecule is Cc1ccccc1-c1nnc(SC(C)c2ccc(C(F)(F)F)cc2)n1C. The highest BCUT2D eigenvalue weighted by molar-refractivity contribution is 7.99. The summed E-state index contributed by atoms with van der Waals surface area (Å²) in [6, 6.07) is 13.2. The van der Waals surface area contributed by atoms with Gasteiger partial charge in [-0.15, -0.1) is 10.2 Å². The average Bonchev–Trinajstić information content (AvgIpc) is 2.95. The summed E-state index contributed by atoms with van der Waals surface area (Å²) in [5, 5.41) is 9.20. The van der Waals surface area contributed by atoms with Crippen molar-refractivity contribution in [1.82, 2.24) is 14.8 Å². The summed E-state index contributed by atoms with van der Waals surface area (Å²) in [5.41, 5.74) is 2.29. The van der Waals surface area contributed by atoms with Gasteiger partial charge >= 0.3 is 6.18 Å². The minimum atomic E-state index is -4.32. The van der Waals surface area contributed by atoms with Crippen LogP contribution in [0.4, 0.5) is 13.2 Å². The van der Waals surface area contributed by atoms with E-state index in [1.54, 1.807) is 0 Å². The van der Waals surface area contributed by atoms with E-state index in [-0.39, 0.29) is 5.25 Å². The molecule has 7 heteroatoms. The topological polar surface area (TPSA) is 30.7 Å². The van der Waals surface area contributed by atoms with E-state index in [0.717, 1.165) is 39.8 Å². The third-order valence-electron chi connectivity index (χ3n) is 4.21. The first-order valence-electron chi connectivity index (χ1n) is 8.06. The van der Waals surface area contributed by atoms with Crippen LogP contribution in [0.5, 0.6) is 0 Å². The predicted molar refractivity (Wildman–Crippen MR) is 96.9 cm³/mol. The number of nitrogens with zero attached hydrogens (tertiary/aromatic N) is 3. The molecule has 3 rings (SSSR count). The standard InChI is InChI=1S/C19H18F3N3S/c1-12-6-4-5-7-16(12)17-23-24-18(25(17)3)26-13(2)14-8-10-15(11-9-14)19(20,21)22/h4-11,13H,1-3H3. The molecule has 26 heavy (non-hydrogen) atoms. The molecule has 0 radical (unpaired) electrons. The van der Waals surface area contributed by atoms with Gasteiger partial charge in [-0.2, -0.15) is 13.2 Å². The Morgan fingerprint density at radius 3 is 2.27 bits per heavy atom. The summed E-state index contributed by atoms with van der Waals surface area (Å²) in [6.45, 7) is 3.96. The van der Waals surface area contributed by atoms with E-state index in [2.05, 4.69) is 10.2 Å². The Morgan fingerprint density at radius 1 is 1.00 bits per heavy atom. The molecule has 3 aromatic rings. The Kier molecular flexibility index (Phi) is 5.09. The first-order chi connectivity index (χ1) is 12.3. The van der Waals surface area contributed by atoms with Gasteiger partial charge in [0.05, 0.1) is 5.56 Å². The normalized spacial score (nSPS) is 13.0. The van der Waals surface area contributed by atoms with Crippen molar-refractivity contribution >= 4 is 11.8 Å². The second kappa shape index (κ2) is 7.15. The van der Waals surface area contributed by atoms with E-state index < -0.39 is 11.7 Å². The van der Waals surface area contributed by atoms with E-state index >= 15 is 0 Å². The molecule has 3 nitrogen and oxygen atoms in total. The number of alkyl halides is 3. The summed E-state index contributed by atoms with van der Waals surface area (Å²) >= 11 is 1.47. The number of benzene rings is 2. The van der Waals surface area contributed by atoms with Gasteiger partial charge in [0.1, 0.15) is 0 Å². The van der Waals surface area contributed by atoms with Gasteiger partial charge in [-0.25, -0.2) is 0 Å². The van der Waals surface area contributed by atoms with Gasteiger partial charge in [-0.05, 0) is 37.1 Å². The van der Waals surface area contributed by atoms with E-state index in [9.17, 15) is 13.2 Å². The van der Waals surface area contributed by atoms with E-state index in [1.807, 2.05) is 49.7 Å². The maximum atomic E-state index is 12.7. The van der Waals surface area contributed by atoms with E-state index in [0.29, 0.717) is 0 Å². The molecule has 1 atom stereocenters. The number of aryl methyl sites for hydroxylation is 1. The molecule has 0 saturated heterocycles. The van der Waals surface area contributed by atoms with E-state index in [4.69, 9.17) is 0 Å². The summed E-state index contributed by atoms with van der Waals surface area (Å²) < 4.78 is 40.0. The third kappa shape index (κ3) is 3.77. The fraction of sp³-hybridized carbons (Fsp3) is 0.263. The van der Waals surface area contributed by atoms with Crippen molar-refractivity contribution in [2.75, 3.05) is 0 Å². The zero-order valence-electron chi connectivity index (χ0n) is 14.6. The Balaban J connectivity index is 1.80. The second-order valence-corrected chi connectivity index (χ2v) is 7.37. The van der Waals surface area contributed by atoms with Crippen LogP contribution in [0.3, 0.4) is 0 Å². The Morgan fingerprint density at radius 2 is 1.65 bits per heavy atom. The Hall–Kier alpha value is -2.28. The summed E-state index contributed by atoms with van der Waals surface area (Å²) in [6.07, 6.45) is -4.32. The van der Waals surface area contributed by atoms with Crippen LogP contribution in [0.15, 0.2) is 53.7 Å². The molecule has 0 aliphatic rings. The zero-order valence-corrected chi connectivity index (χ0v) is 15.4. The average molecular weight is 377 g/mol. The predicted octanol–water partition coefficient (Wildman–Crippen LogP) is 5.66. The van der Waals surface area contributed by atoms with Crippen LogP contribution in [-0.2, 0) is 13.2 Å². The fourth-order valence-corrected chi connectivity index (χ4v) is 3.59. The van der Waals surface area contributed by atoms with Crippen molar-refractivity contribution < 1.29 is 13.2 Å². The van der Waals surface area contributed by atoms with Crippen LogP contribution in [0, 0.1) is 6.92 Å². The largest absolute Gasteiger partial charge is 0.416 e. The molecule has 0 N–H and O–H groups in total. The van der Waals surface area contributed by atoms with Crippen LogP contribution >= 0.6 is 11.8 Å². The molecule has 1 aromatic heterocycles. The highest BCUT2D eigenvalue weighted by atomic mass is 32.2. The first kappa shape index (κ1) is 18.5. The maximum Gasteiger partial charge on any atom is 0.416 e. The fourth-order valence-electron chi connectivity index (χ4n) is 2.65. The van der Waals surface area contributed by atoms with Gasteiger partial charge in [0, 0.05) is 17.9 Å². The van der Waals surface area contributed by atoms with Gasteiger partial charge in [0.25, 0.3) is 0 Å². The molecule has 2 aromatic carbocycles. The lowest BCUT2D eigenvalue weighted by Gasteiger charge is -2.13. The summed E-state index contributed by atoms with van der Waals surface area (Å²) in [5.74, 6) is 0.769. The quantitative estimate of drug-likeness (QED) is 0.550. The second-order valence-electron chi connectivity index (χ2n) is 6.06. The molecule has 0 bridgehead atoms. The number of rotatable bonds is 4. The molecular weight excluding hydrogens is 359 g/mol. The highest BCUT2D eigenvalue weighted by Gasteiger charge is 2.30. The molecule has 1 unspecified atom stereocenters. The van der Waals surface area contributed by atoms with Crippen LogP contribution in [0.2, 0.25) is 0 Å². The number of hydrogen-bond donors (Lipinski definition) is 0. The minimum absolute atomic E-state index is 0.0510. The maximum absolute atomic E-state index is 12.7. The van der Waals surface area contributed by atoms with Crippen molar-refractivity contribution in [2.24, 2.45) is 7.05 Å². The van der Waals surface area contributed by atoms with Crippen molar-refractivity contribution in [3.05, 3.63) is 65.2 Å². The summed E-state index contributed by atoms with van der Waals surface area (Å²) in [4.78, 5) is 0. The Bertz CT molecular complexity index is 901. The monoisotopic (exact) mass is 377 g/mol. The first-order valence-corrected chi connectivity index (χ1v) is 8.94. The Labute approximate surface area is 154 Å². The molecule has 1 heterocycles. The smallest absolute Gasteiger partial charge is 0.305 e. The van der Waals surface area contributed by atoms with Crippen LogP contribution < -0.4 is 0 Å². The number of halogens is 3. The molecule has 0 aliphatic heterocycles. The highest BCUT2D eigenvalue weighted by Crippen LogP contribution is 2.36. The third-order valence-corrected chi connectivity index (χ3v) is 5.40. The number of hydrogen-bond acceptors (Lipinski definition) is 3. The summed E-state index contributed by atoms with van der Waals surface area (Å²) in [7, 11) is 1.89. The zero-order chi connectivity index (χ0) is 18.9. The van der Waals surface area contributed by atoms with Gasteiger partial charge < -0.3 is 4.57 Å².